The Morgan fingerprint density at radius 2 is 1.78 bits per heavy atom. The van der Waals surface area contributed by atoms with E-state index in [9.17, 15) is 19.7 Å². The summed E-state index contributed by atoms with van der Waals surface area (Å²) >= 11 is 0. The minimum absolute atomic E-state index is 0.0175. The van der Waals surface area contributed by atoms with Crippen LogP contribution in [0.25, 0.3) is 0 Å². The lowest BCUT2D eigenvalue weighted by molar-refractivity contribution is -0.384. The zero-order valence-electron chi connectivity index (χ0n) is 15.1. The molecule has 0 bridgehead atoms. The van der Waals surface area contributed by atoms with Crippen LogP contribution in [0.1, 0.15) is 44.1 Å². The van der Waals surface area contributed by atoms with Gasteiger partial charge in [0.15, 0.2) is 0 Å². The second-order valence-electron chi connectivity index (χ2n) is 6.81. The summed E-state index contributed by atoms with van der Waals surface area (Å²) in [6.45, 7) is 0.0547. The van der Waals surface area contributed by atoms with Gasteiger partial charge >= 0.3 is 0 Å². The molecule has 1 aromatic rings. The molecule has 1 saturated carbocycles. The van der Waals surface area contributed by atoms with Crippen molar-refractivity contribution in [3.05, 3.63) is 39.9 Å². The van der Waals surface area contributed by atoms with Crippen molar-refractivity contribution in [1.29, 1.82) is 5.26 Å². The minimum atomic E-state index is -0.834. The number of nitriles is 1. The molecule has 0 aromatic heterocycles. The largest absolute Gasteiger partial charge is 0.351 e. The van der Waals surface area contributed by atoms with Crippen LogP contribution < -0.4 is 10.6 Å². The Hall–Kier alpha value is -2.95. The van der Waals surface area contributed by atoms with Gasteiger partial charge in [-0.25, -0.2) is 0 Å². The van der Waals surface area contributed by atoms with E-state index in [-0.39, 0.29) is 24.7 Å². The van der Waals surface area contributed by atoms with Gasteiger partial charge in [-0.1, -0.05) is 44.2 Å². The highest BCUT2D eigenvalue weighted by atomic mass is 16.6. The van der Waals surface area contributed by atoms with Crippen molar-refractivity contribution >= 4 is 17.5 Å². The molecule has 0 heterocycles. The molecule has 1 fully saturated rings. The van der Waals surface area contributed by atoms with Crippen LogP contribution in [0.4, 0.5) is 5.69 Å². The SMILES string of the molecule is N#CCNC(=O)C(CC1CCCCC1)C(=O)NCc1ccc([N+](=O)[O-])cc1. The number of nitrogens with zero attached hydrogens (tertiary/aromatic N) is 2. The summed E-state index contributed by atoms with van der Waals surface area (Å²) in [5, 5.41) is 24.6. The van der Waals surface area contributed by atoms with E-state index in [2.05, 4.69) is 10.6 Å². The number of non-ortho nitro benzene ring substituents is 1. The van der Waals surface area contributed by atoms with E-state index in [1.807, 2.05) is 6.07 Å². The zero-order valence-corrected chi connectivity index (χ0v) is 15.1. The van der Waals surface area contributed by atoms with Crippen LogP contribution >= 0.6 is 0 Å². The van der Waals surface area contributed by atoms with Gasteiger partial charge in [0.05, 0.1) is 11.0 Å². The summed E-state index contributed by atoms with van der Waals surface area (Å²) in [5.41, 5.74) is 0.693. The molecule has 2 amide bonds. The Kier molecular flexibility index (Phi) is 7.74. The molecular formula is C19H24N4O4. The number of carbonyl (C=O) groups is 2. The number of hydrogen-bond donors (Lipinski definition) is 2. The van der Waals surface area contributed by atoms with Crippen molar-refractivity contribution in [3.63, 3.8) is 0 Å². The Morgan fingerprint density at radius 1 is 1.15 bits per heavy atom. The van der Waals surface area contributed by atoms with Crippen molar-refractivity contribution in [3.8, 4) is 6.07 Å². The van der Waals surface area contributed by atoms with Gasteiger partial charge in [-0.2, -0.15) is 5.26 Å². The number of hydrogen-bond acceptors (Lipinski definition) is 5. The van der Waals surface area contributed by atoms with Gasteiger partial charge in [-0.15, -0.1) is 0 Å². The van der Waals surface area contributed by atoms with Crippen LogP contribution in [0.15, 0.2) is 24.3 Å². The summed E-state index contributed by atoms with van der Waals surface area (Å²) in [6.07, 6.45) is 5.91. The maximum absolute atomic E-state index is 12.6. The van der Waals surface area contributed by atoms with Crippen molar-refractivity contribution < 1.29 is 14.5 Å². The molecular weight excluding hydrogens is 348 g/mol. The van der Waals surface area contributed by atoms with Crippen LogP contribution in [0, 0.1) is 33.3 Å². The molecule has 0 spiro atoms. The lowest BCUT2D eigenvalue weighted by Gasteiger charge is -2.25. The van der Waals surface area contributed by atoms with Gasteiger partial charge in [0.1, 0.15) is 12.5 Å². The Morgan fingerprint density at radius 3 is 2.37 bits per heavy atom. The van der Waals surface area contributed by atoms with Gasteiger partial charge in [0.25, 0.3) is 5.69 Å². The number of benzene rings is 1. The molecule has 8 nitrogen and oxygen atoms in total. The first-order valence-corrected chi connectivity index (χ1v) is 9.17. The quantitative estimate of drug-likeness (QED) is 0.314. The number of carbonyl (C=O) groups excluding carboxylic acids is 2. The molecule has 0 saturated heterocycles. The zero-order chi connectivity index (χ0) is 19.6. The van der Waals surface area contributed by atoms with Gasteiger partial charge in [-0.05, 0) is 17.9 Å². The number of nitrogens with one attached hydrogen (secondary N) is 2. The average Bonchev–Trinajstić information content (AvgIpc) is 2.69. The fraction of sp³-hybridized carbons (Fsp3) is 0.526. The first-order chi connectivity index (χ1) is 13.0. The highest BCUT2D eigenvalue weighted by Crippen LogP contribution is 2.29. The van der Waals surface area contributed by atoms with E-state index in [0.717, 1.165) is 25.7 Å². The van der Waals surface area contributed by atoms with Gasteiger partial charge in [-0.3, -0.25) is 19.7 Å². The fourth-order valence-corrected chi connectivity index (χ4v) is 3.39. The van der Waals surface area contributed by atoms with Crippen LogP contribution in [0.2, 0.25) is 0 Å². The number of nitro benzene ring substituents is 1. The molecule has 2 rings (SSSR count). The van der Waals surface area contributed by atoms with Crippen molar-refractivity contribution in [1.82, 2.24) is 10.6 Å². The van der Waals surface area contributed by atoms with E-state index in [0.29, 0.717) is 17.9 Å². The minimum Gasteiger partial charge on any atom is -0.351 e. The second kappa shape index (κ2) is 10.3. The summed E-state index contributed by atoms with van der Waals surface area (Å²) in [5.74, 6) is -1.31. The summed E-state index contributed by atoms with van der Waals surface area (Å²) in [7, 11) is 0. The Labute approximate surface area is 158 Å². The highest BCUT2D eigenvalue weighted by Gasteiger charge is 2.30. The van der Waals surface area contributed by atoms with Gasteiger partial charge in [0.2, 0.25) is 11.8 Å². The van der Waals surface area contributed by atoms with Crippen LogP contribution in [0.3, 0.4) is 0 Å². The van der Waals surface area contributed by atoms with Crippen LogP contribution in [-0.2, 0) is 16.1 Å². The Bertz CT molecular complexity index is 705. The standard InChI is InChI=1S/C19H24N4O4/c20-10-11-21-18(24)17(12-14-4-2-1-3-5-14)19(25)22-13-15-6-8-16(9-7-15)23(26)27/h6-9,14,17H,1-5,11-13H2,(H,21,24)(H,22,25). The third-order valence-corrected chi connectivity index (χ3v) is 4.88. The number of rotatable bonds is 8. The molecule has 144 valence electrons. The summed E-state index contributed by atoms with van der Waals surface area (Å²) in [6, 6.07) is 7.75. The molecule has 0 aliphatic heterocycles. The molecule has 1 aliphatic carbocycles. The highest BCUT2D eigenvalue weighted by molar-refractivity contribution is 6.00. The first kappa shape index (κ1) is 20.4. The van der Waals surface area contributed by atoms with Gasteiger partial charge < -0.3 is 10.6 Å². The molecule has 2 N–H and O–H groups in total. The van der Waals surface area contributed by atoms with E-state index >= 15 is 0 Å². The normalized spacial score (nSPS) is 15.4. The van der Waals surface area contributed by atoms with Crippen molar-refractivity contribution in [2.24, 2.45) is 11.8 Å². The summed E-state index contributed by atoms with van der Waals surface area (Å²) in [4.78, 5) is 35.2. The summed E-state index contributed by atoms with van der Waals surface area (Å²) < 4.78 is 0. The maximum atomic E-state index is 12.6. The second-order valence-corrected chi connectivity index (χ2v) is 6.81. The van der Waals surface area contributed by atoms with Crippen LogP contribution in [-0.4, -0.2) is 23.3 Å². The van der Waals surface area contributed by atoms with E-state index in [4.69, 9.17) is 5.26 Å². The lowest BCUT2D eigenvalue weighted by Crippen LogP contribution is -2.42. The molecule has 1 aromatic carbocycles. The van der Waals surface area contributed by atoms with E-state index < -0.39 is 16.7 Å². The fourth-order valence-electron chi connectivity index (χ4n) is 3.39. The molecule has 1 atom stereocenters. The molecule has 0 radical (unpaired) electrons. The monoisotopic (exact) mass is 372 g/mol. The third-order valence-electron chi connectivity index (χ3n) is 4.88. The third kappa shape index (κ3) is 6.37. The van der Waals surface area contributed by atoms with E-state index in [1.54, 1.807) is 12.1 Å². The van der Waals surface area contributed by atoms with Crippen molar-refractivity contribution in [2.45, 2.75) is 45.1 Å². The molecule has 8 heteroatoms. The maximum Gasteiger partial charge on any atom is 0.269 e. The molecule has 27 heavy (non-hydrogen) atoms. The lowest BCUT2D eigenvalue weighted by atomic mass is 9.82. The van der Waals surface area contributed by atoms with Crippen LogP contribution in [0.5, 0.6) is 0 Å². The first-order valence-electron chi connectivity index (χ1n) is 9.17. The van der Waals surface area contributed by atoms with Crippen molar-refractivity contribution in [2.75, 3.05) is 6.54 Å². The van der Waals surface area contributed by atoms with Gasteiger partial charge in [0, 0.05) is 18.7 Å². The predicted octanol–water partition coefficient (Wildman–Crippen LogP) is 2.44. The topological polar surface area (TPSA) is 125 Å². The average molecular weight is 372 g/mol. The predicted molar refractivity (Wildman–Crippen MR) is 98.2 cm³/mol. The smallest absolute Gasteiger partial charge is 0.269 e. The number of amides is 2. The molecule has 1 unspecified atom stereocenters. The number of nitro groups is 1. The molecule has 1 aliphatic rings. The Balaban J connectivity index is 1.97. The van der Waals surface area contributed by atoms with E-state index in [1.165, 1.54) is 18.6 Å².